The molecule has 0 atom stereocenters. The first-order valence-corrected chi connectivity index (χ1v) is 13.2. The maximum Gasteiger partial charge on any atom is 0.343 e. The number of ether oxygens (including phenoxy) is 2. The van der Waals surface area contributed by atoms with Crippen LogP contribution in [0.25, 0.3) is 5.76 Å². The Morgan fingerprint density at radius 3 is 1.83 bits per heavy atom. The predicted octanol–water partition coefficient (Wildman–Crippen LogP) is 5.89. The molecule has 0 saturated carbocycles. The summed E-state index contributed by atoms with van der Waals surface area (Å²) in [4.78, 5) is 49.3. The van der Waals surface area contributed by atoms with E-state index in [4.69, 9.17) is 55.9 Å². The number of Topliss-reactive ketones (excluding diaryl/α,β-unsaturated/α-hetero) is 1. The van der Waals surface area contributed by atoms with Crippen LogP contribution in [0.3, 0.4) is 0 Å². The number of rotatable bonds is 10. The molecule has 0 amide bonds. The average Bonchev–Trinajstić information content (AvgIpc) is 2.90. The molecule has 0 unspecified atom stereocenters. The fourth-order valence-corrected chi connectivity index (χ4v) is 3.37. The van der Waals surface area contributed by atoms with Gasteiger partial charge in [0.2, 0.25) is 5.78 Å². The standard InChI is InChI=1S/2C13H14Cl2N2O3.V.W/c1-4-20-13(19)8(7-17(2)3)12(18)11-9(14)5-6-10(15)16-11;1-3-16-7-8(13(19)20-4-2)12(18)11-9(14)5-6-10(15)17-11;;/h5-7H,4H2,1-3H3;5-7,18H,3-4H2,1-2H3;;/b8-7-;;;. The van der Waals surface area contributed by atoms with E-state index in [2.05, 4.69) is 15.0 Å². The zero-order chi connectivity index (χ0) is 30.4. The van der Waals surface area contributed by atoms with Crippen LogP contribution in [0.1, 0.15) is 37.0 Å². The molecule has 0 aromatic carbocycles. The first kappa shape index (κ1) is 42.2. The third-order valence-electron chi connectivity index (χ3n) is 4.34. The van der Waals surface area contributed by atoms with E-state index in [9.17, 15) is 19.5 Å². The molecular formula is C26H28Cl4N4O6VW. The molecule has 2 rings (SSSR count). The Kier molecular flexibility index (Phi) is 21.8. The van der Waals surface area contributed by atoms with Gasteiger partial charge in [-0.1, -0.05) is 46.4 Å². The fraction of sp³-hybridized carbons (Fsp3) is 0.308. The monoisotopic (exact) mass is 867 g/mol. The van der Waals surface area contributed by atoms with E-state index in [1.165, 1.54) is 36.7 Å². The van der Waals surface area contributed by atoms with E-state index in [-0.39, 0.29) is 95.7 Å². The number of esters is 2. The van der Waals surface area contributed by atoms with Crippen LogP contribution in [-0.4, -0.2) is 77.8 Å². The van der Waals surface area contributed by atoms with Crippen molar-refractivity contribution in [2.75, 3.05) is 33.9 Å². The molecule has 2 heterocycles. The van der Waals surface area contributed by atoms with E-state index < -0.39 is 23.5 Å². The van der Waals surface area contributed by atoms with Crippen molar-refractivity contribution in [1.29, 1.82) is 0 Å². The topological polar surface area (TPSA) is 131 Å². The van der Waals surface area contributed by atoms with Gasteiger partial charge in [0.15, 0.2) is 5.76 Å². The Morgan fingerprint density at radius 2 is 1.36 bits per heavy atom. The second-order valence-electron chi connectivity index (χ2n) is 7.60. The normalized spacial score (nSPS) is 11.2. The minimum Gasteiger partial charge on any atom is -0.505 e. The Bertz CT molecular complexity index is 1330. The van der Waals surface area contributed by atoms with Crippen LogP contribution < -0.4 is 0 Å². The maximum absolute atomic E-state index is 12.4. The molecule has 0 aliphatic heterocycles. The molecule has 1 radical (unpaired) electrons. The van der Waals surface area contributed by atoms with E-state index in [1.54, 1.807) is 39.8 Å². The van der Waals surface area contributed by atoms with Crippen molar-refractivity contribution < 1.29 is 68.6 Å². The van der Waals surface area contributed by atoms with E-state index >= 15 is 0 Å². The van der Waals surface area contributed by atoms with Crippen molar-refractivity contribution in [1.82, 2.24) is 14.9 Å². The Balaban J connectivity index is 0. The summed E-state index contributed by atoms with van der Waals surface area (Å²) in [6.07, 6.45) is 2.59. The van der Waals surface area contributed by atoms with E-state index in [0.29, 0.717) is 6.54 Å². The molecule has 16 heteroatoms. The molecule has 0 fully saturated rings. The number of carbonyl (C=O) groups is 3. The molecule has 0 spiro atoms. The number of aromatic nitrogens is 2. The largest absolute Gasteiger partial charge is 0.505 e. The van der Waals surface area contributed by atoms with Gasteiger partial charge in [-0.2, -0.15) is 0 Å². The summed E-state index contributed by atoms with van der Waals surface area (Å²) < 4.78 is 9.72. The van der Waals surface area contributed by atoms with Crippen LogP contribution in [0, 0.1) is 0 Å². The van der Waals surface area contributed by atoms with Crippen molar-refractivity contribution in [2.24, 2.45) is 4.99 Å². The van der Waals surface area contributed by atoms with Gasteiger partial charge in [-0.3, -0.25) is 9.79 Å². The van der Waals surface area contributed by atoms with Gasteiger partial charge < -0.3 is 19.5 Å². The molecule has 227 valence electrons. The third-order valence-corrected chi connectivity index (χ3v) is 5.38. The Hall–Kier alpha value is -1.91. The molecule has 2 aromatic rings. The zero-order valence-corrected chi connectivity index (χ0v) is 30.6. The van der Waals surface area contributed by atoms with Gasteiger partial charge in [0.1, 0.15) is 32.8 Å². The summed E-state index contributed by atoms with van der Waals surface area (Å²) in [5.41, 5.74) is -0.357. The fourth-order valence-electron chi connectivity index (χ4n) is 2.69. The Labute approximate surface area is 290 Å². The summed E-state index contributed by atoms with van der Waals surface area (Å²) in [6, 6.07) is 5.86. The van der Waals surface area contributed by atoms with Gasteiger partial charge in [-0.05, 0) is 45.0 Å². The van der Waals surface area contributed by atoms with E-state index in [1.807, 2.05) is 0 Å². The molecule has 1 N–H and O–H groups in total. The first-order chi connectivity index (χ1) is 18.9. The number of nitrogens with zero attached hydrogens (tertiary/aromatic N) is 4. The second kappa shape index (κ2) is 21.7. The first-order valence-electron chi connectivity index (χ1n) is 11.7. The SMILES string of the molecule is CCN=CC(C(=O)OCC)=C(O)c1nc(Cl)ccc1Cl.CCOC(=O)/C(=C\N(C)C)C(=O)c1nc(Cl)ccc1Cl.[V].[W]. The van der Waals surface area contributed by atoms with Gasteiger partial charge in [0, 0.05) is 72.7 Å². The average molecular weight is 869 g/mol. The number of carbonyl (C=O) groups excluding carboxylic acids is 3. The molecule has 0 bridgehead atoms. The number of hydrogen-bond acceptors (Lipinski definition) is 10. The van der Waals surface area contributed by atoms with Crippen LogP contribution in [0.4, 0.5) is 0 Å². The summed E-state index contributed by atoms with van der Waals surface area (Å²) in [5, 5.41) is 10.7. The zero-order valence-electron chi connectivity index (χ0n) is 23.2. The van der Waals surface area contributed by atoms with Crippen LogP contribution in [0.5, 0.6) is 0 Å². The second-order valence-corrected chi connectivity index (χ2v) is 9.18. The molecule has 2 aromatic heterocycles. The van der Waals surface area contributed by atoms with Gasteiger partial charge in [-0.15, -0.1) is 0 Å². The van der Waals surface area contributed by atoms with Crippen LogP contribution >= 0.6 is 46.4 Å². The van der Waals surface area contributed by atoms with Crippen molar-refractivity contribution in [3.8, 4) is 0 Å². The minimum absolute atomic E-state index is 0. The predicted molar refractivity (Wildman–Crippen MR) is 156 cm³/mol. The number of halogens is 4. The van der Waals surface area contributed by atoms with Crippen molar-refractivity contribution in [3.63, 3.8) is 0 Å². The van der Waals surface area contributed by atoms with Gasteiger partial charge >= 0.3 is 11.9 Å². The molecule has 42 heavy (non-hydrogen) atoms. The van der Waals surface area contributed by atoms with Gasteiger partial charge in [0.25, 0.3) is 0 Å². The van der Waals surface area contributed by atoms with Gasteiger partial charge in [-0.25, -0.2) is 19.6 Å². The minimum atomic E-state index is -0.732. The van der Waals surface area contributed by atoms with Crippen molar-refractivity contribution in [2.45, 2.75) is 20.8 Å². The quantitative estimate of drug-likeness (QED) is 0.0455. The maximum atomic E-state index is 12.4. The van der Waals surface area contributed by atoms with Crippen LogP contribution in [-0.2, 0) is 58.7 Å². The van der Waals surface area contributed by atoms with Crippen molar-refractivity contribution in [3.05, 3.63) is 73.4 Å². The number of aliphatic hydroxyl groups is 1. The summed E-state index contributed by atoms with van der Waals surface area (Å²) in [6.45, 7) is 5.89. The summed E-state index contributed by atoms with van der Waals surface area (Å²) >= 11 is 23.4. The smallest absolute Gasteiger partial charge is 0.343 e. The molecule has 0 aliphatic rings. The third kappa shape index (κ3) is 13.6. The van der Waals surface area contributed by atoms with E-state index in [0.717, 1.165) is 0 Å². The summed E-state index contributed by atoms with van der Waals surface area (Å²) in [5.74, 6) is -2.50. The summed E-state index contributed by atoms with van der Waals surface area (Å²) in [7, 11) is 3.36. The Morgan fingerprint density at radius 1 is 0.881 bits per heavy atom. The van der Waals surface area contributed by atoms with Crippen LogP contribution in [0.15, 0.2) is 46.6 Å². The number of hydrogen-bond donors (Lipinski definition) is 1. The molecule has 0 saturated heterocycles. The van der Waals surface area contributed by atoms with Crippen molar-refractivity contribution >= 4 is 76.1 Å². The number of ketones is 1. The number of aliphatic imine (C=N–C) groups is 1. The molecule has 0 aliphatic carbocycles. The number of aliphatic hydroxyl groups excluding tert-OH is 1. The van der Waals surface area contributed by atoms with Gasteiger partial charge in [0.05, 0.1) is 23.3 Å². The molecule has 10 nitrogen and oxygen atoms in total. The number of pyridine rings is 2. The van der Waals surface area contributed by atoms with Crippen LogP contribution in [0.2, 0.25) is 20.4 Å². The molecular weight excluding hydrogens is 841 g/mol.